The van der Waals surface area contributed by atoms with Crippen LogP contribution in [0.1, 0.15) is 36.2 Å². The maximum absolute atomic E-state index is 12.8. The van der Waals surface area contributed by atoms with Crippen molar-refractivity contribution in [3.63, 3.8) is 0 Å². The number of hydrogen-bond acceptors (Lipinski definition) is 4. The molecule has 1 heterocycles. The summed E-state index contributed by atoms with van der Waals surface area (Å²) in [5.41, 5.74) is 1.79. The Morgan fingerprint density at radius 2 is 1.62 bits per heavy atom. The van der Waals surface area contributed by atoms with Gasteiger partial charge in [0.15, 0.2) is 0 Å². The predicted octanol–water partition coefficient (Wildman–Crippen LogP) is 2.72. The van der Waals surface area contributed by atoms with E-state index in [0.717, 1.165) is 19.6 Å². The van der Waals surface area contributed by atoms with Crippen LogP contribution in [0.2, 0.25) is 0 Å². The maximum atomic E-state index is 12.8. The van der Waals surface area contributed by atoms with E-state index in [1.165, 1.54) is 17.7 Å². The maximum Gasteiger partial charge on any atom is 0.253 e. The average Bonchev–Trinajstić information content (AvgIpc) is 2.74. The number of nitrogens with one attached hydrogen (secondary N) is 1. The summed E-state index contributed by atoms with van der Waals surface area (Å²) in [5, 5.41) is 0. The van der Waals surface area contributed by atoms with E-state index in [4.69, 9.17) is 0 Å². The summed E-state index contributed by atoms with van der Waals surface area (Å²) in [6.07, 6.45) is 0.714. The fraction of sp³-hybridized carbons (Fsp3) is 0.409. The number of benzene rings is 2. The van der Waals surface area contributed by atoms with Crippen LogP contribution in [-0.4, -0.2) is 56.3 Å². The van der Waals surface area contributed by atoms with Crippen LogP contribution in [0, 0.1) is 0 Å². The topological polar surface area (TPSA) is 69.7 Å². The molecule has 1 atom stereocenters. The average molecular weight is 416 g/mol. The standard InChI is InChI=1S/C22H29N3O3S/c1-3-18(2)23-29(27,28)21-11-9-20(10-12-21)22(26)25-15-13-24(14-16-25)17-19-7-5-4-6-8-19/h4-12,18,23H,3,13-17H2,1-2H3/t18-/m1/s1. The summed E-state index contributed by atoms with van der Waals surface area (Å²) in [4.78, 5) is 17.2. The van der Waals surface area contributed by atoms with Crippen LogP contribution in [0.15, 0.2) is 59.5 Å². The second kappa shape index (κ2) is 9.52. The van der Waals surface area contributed by atoms with Gasteiger partial charge in [0.1, 0.15) is 0 Å². The molecule has 0 saturated carbocycles. The van der Waals surface area contributed by atoms with Crippen LogP contribution in [-0.2, 0) is 16.6 Å². The highest BCUT2D eigenvalue weighted by atomic mass is 32.2. The molecule has 0 aliphatic carbocycles. The summed E-state index contributed by atoms with van der Waals surface area (Å²) in [5.74, 6) is -0.0526. The Balaban J connectivity index is 1.57. The molecule has 2 aromatic carbocycles. The Morgan fingerprint density at radius 1 is 1.00 bits per heavy atom. The molecule has 1 aliphatic rings. The van der Waals surface area contributed by atoms with Gasteiger partial charge in [-0.1, -0.05) is 37.3 Å². The highest BCUT2D eigenvalue weighted by molar-refractivity contribution is 7.89. The van der Waals surface area contributed by atoms with Gasteiger partial charge in [-0.25, -0.2) is 13.1 Å². The van der Waals surface area contributed by atoms with Crippen LogP contribution in [0.5, 0.6) is 0 Å². The van der Waals surface area contributed by atoms with Crippen LogP contribution < -0.4 is 4.72 Å². The van der Waals surface area contributed by atoms with Crippen molar-refractivity contribution in [2.75, 3.05) is 26.2 Å². The Bertz CT molecular complexity index is 906. The number of rotatable bonds is 7. The van der Waals surface area contributed by atoms with E-state index < -0.39 is 10.0 Å². The van der Waals surface area contributed by atoms with Gasteiger partial charge >= 0.3 is 0 Å². The van der Waals surface area contributed by atoms with E-state index in [-0.39, 0.29) is 16.8 Å². The molecule has 7 heteroatoms. The molecule has 6 nitrogen and oxygen atoms in total. The molecule has 1 saturated heterocycles. The van der Waals surface area contributed by atoms with Crippen molar-refractivity contribution < 1.29 is 13.2 Å². The summed E-state index contributed by atoms with van der Waals surface area (Å²) in [6, 6.07) is 16.4. The van der Waals surface area contributed by atoms with Crippen LogP contribution >= 0.6 is 0 Å². The monoisotopic (exact) mass is 415 g/mol. The molecule has 3 rings (SSSR count). The first kappa shape index (κ1) is 21.5. The van der Waals surface area contributed by atoms with Gasteiger partial charge in [-0.05, 0) is 43.2 Å². The largest absolute Gasteiger partial charge is 0.336 e. The van der Waals surface area contributed by atoms with E-state index in [0.29, 0.717) is 25.1 Å². The van der Waals surface area contributed by atoms with Crippen LogP contribution in [0.3, 0.4) is 0 Å². The Hall–Kier alpha value is -2.22. The van der Waals surface area contributed by atoms with Gasteiger partial charge in [0, 0.05) is 44.3 Å². The lowest BCUT2D eigenvalue weighted by Crippen LogP contribution is -2.48. The number of hydrogen-bond donors (Lipinski definition) is 1. The summed E-state index contributed by atoms with van der Waals surface area (Å²) < 4.78 is 27.3. The van der Waals surface area contributed by atoms with Crippen LogP contribution in [0.4, 0.5) is 0 Å². The number of nitrogens with zero attached hydrogens (tertiary/aromatic N) is 2. The predicted molar refractivity (Wildman–Crippen MR) is 114 cm³/mol. The molecule has 156 valence electrons. The van der Waals surface area contributed by atoms with Crippen molar-refractivity contribution >= 4 is 15.9 Å². The molecule has 0 aromatic heterocycles. The summed E-state index contributed by atoms with van der Waals surface area (Å²) in [6.45, 7) is 7.63. The van der Waals surface area contributed by atoms with Gasteiger partial charge < -0.3 is 4.90 Å². The van der Waals surface area contributed by atoms with E-state index >= 15 is 0 Å². The Kier molecular flexibility index (Phi) is 7.05. The van der Waals surface area contributed by atoms with Gasteiger partial charge in [0.25, 0.3) is 5.91 Å². The number of amides is 1. The van der Waals surface area contributed by atoms with E-state index in [1.807, 2.05) is 36.9 Å². The summed E-state index contributed by atoms with van der Waals surface area (Å²) in [7, 11) is -3.56. The molecular weight excluding hydrogens is 386 g/mol. The highest BCUT2D eigenvalue weighted by Gasteiger charge is 2.23. The lowest BCUT2D eigenvalue weighted by molar-refractivity contribution is 0.0628. The van der Waals surface area contributed by atoms with Gasteiger partial charge in [0.2, 0.25) is 10.0 Å². The third kappa shape index (κ3) is 5.65. The van der Waals surface area contributed by atoms with E-state index in [2.05, 4.69) is 21.8 Å². The summed E-state index contributed by atoms with van der Waals surface area (Å²) >= 11 is 0. The fourth-order valence-electron chi connectivity index (χ4n) is 3.33. The normalized spacial score (nSPS) is 16.6. The zero-order valence-corrected chi connectivity index (χ0v) is 17.9. The first-order valence-corrected chi connectivity index (χ1v) is 11.6. The minimum atomic E-state index is -3.56. The number of piperazine rings is 1. The van der Waals surface area contributed by atoms with E-state index in [1.54, 1.807) is 12.1 Å². The number of carbonyl (C=O) groups excluding carboxylic acids is 1. The number of sulfonamides is 1. The van der Waals surface area contributed by atoms with Crippen molar-refractivity contribution in [3.8, 4) is 0 Å². The molecule has 0 radical (unpaired) electrons. The first-order valence-electron chi connectivity index (χ1n) is 10.1. The third-order valence-electron chi connectivity index (χ3n) is 5.29. The highest BCUT2D eigenvalue weighted by Crippen LogP contribution is 2.15. The Labute approximate surface area is 173 Å². The van der Waals surface area contributed by atoms with Crippen molar-refractivity contribution in [2.24, 2.45) is 0 Å². The fourth-order valence-corrected chi connectivity index (χ4v) is 4.65. The molecule has 1 N–H and O–H groups in total. The Morgan fingerprint density at radius 3 is 2.21 bits per heavy atom. The SMILES string of the molecule is CC[C@@H](C)NS(=O)(=O)c1ccc(C(=O)N2CCN(Cc3ccccc3)CC2)cc1. The van der Waals surface area contributed by atoms with E-state index in [9.17, 15) is 13.2 Å². The quantitative estimate of drug-likeness (QED) is 0.755. The van der Waals surface area contributed by atoms with Gasteiger partial charge in [-0.3, -0.25) is 9.69 Å². The van der Waals surface area contributed by atoms with Gasteiger partial charge in [0.05, 0.1) is 4.90 Å². The molecule has 29 heavy (non-hydrogen) atoms. The lowest BCUT2D eigenvalue weighted by atomic mass is 10.1. The minimum absolute atomic E-state index is 0.0526. The van der Waals surface area contributed by atoms with Gasteiger partial charge in [-0.15, -0.1) is 0 Å². The second-order valence-corrected chi connectivity index (χ2v) is 9.22. The molecule has 0 bridgehead atoms. The molecule has 1 fully saturated rings. The minimum Gasteiger partial charge on any atom is -0.336 e. The molecule has 1 aliphatic heterocycles. The van der Waals surface area contributed by atoms with Gasteiger partial charge in [-0.2, -0.15) is 0 Å². The third-order valence-corrected chi connectivity index (χ3v) is 6.89. The molecule has 0 spiro atoms. The molecule has 0 unspecified atom stereocenters. The molecule has 2 aromatic rings. The zero-order chi connectivity index (χ0) is 20.9. The van der Waals surface area contributed by atoms with Crippen molar-refractivity contribution in [3.05, 3.63) is 65.7 Å². The first-order chi connectivity index (χ1) is 13.9. The lowest BCUT2D eigenvalue weighted by Gasteiger charge is -2.34. The number of carbonyl (C=O) groups is 1. The zero-order valence-electron chi connectivity index (χ0n) is 17.0. The van der Waals surface area contributed by atoms with Crippen LogP contribution in [0.25, 0.3) is 0 Å². The van der Waals surface area contributed by atoms with Crippen molar-refractivity contribution in [1.82, 2.24) is 14.5 Å². The smallest absolute Gasteiger partial charge is 0.253 e. The van der Waals surface area contributed by atoms with Crippen molar-refractivity contribution in [2.45, 2.75) is 37.8 Å². The molecule has 1 amide bonds. The second-order valence-electron chi connectivity index (χ2n) is 7.51. The molecular formula is C22H29N3O3S. The van der Waals surface area contributed by atoms with Crippen molar-refractivity contribution in [1.29, 1.82) is 0 Å².